The molecule has 8 heavy (non-hydrogen) atoms. The first-order valence-electron chi connectivity index (χ1n) is 2.51. The number of hydrogen-bond acceptors (Lipinski definition) is 2. The highest BCUT2D eigenvalue weighted by Gasteiger charge is 2.32. The normalized spacial score (nSPS) is 22.8. The number of aliphatic hydroxyl groups is 1. The molecular weight excluding hydrogens is 120 g/mol. The van der Waals surface area contributed by atoms with E-state index >= 15 is 0 Å². The Bertz CT molecular complexity index is 138. The van der Waals surface area contributed by atoms with Gasteiger partial charge >= 0.3 is 0 Å². The Labute approximate surface area is 53.5 Å². The van der Waals surface area contributed by atoms with Crippen LogP contribution < -0.4 is 0 Å². The third-order valence-corrected chi connectivity index (χ3v) is 2.40. The van der Waals surface area contributed by atoms with E-state index in [1.807, 2.05) is 0 Å². The SMILES string of the molecule is CC#CC1(O)CSC1. The fourth-order valence-corrected chi connectivity index (χ4v) is 1.34. The molecule has 0 bridgehead atoms. The third kappa shape index (κ3) is 0.988. The van der Waals surface area contributed by atoms with Crippen LogP contribution in [-0.4, -0.2) is 22.2 Å². The highest BCUT2D eigenvalue weighted by molar-refractivity contribution is 8.00. The van der Waals surface area contributed by atoms with E-state index in [-0.39, 0.29) is 0 Å². The first-order chi connectivity index (χ1) is 3.77. The Morgan fingerprint density at radius 3 is 2.38 bits per heavy atom. The smallest absolute Gasteiger partial charge is 0.143 e. The van der Waals surface area contributed by atoms with Gasteiger partial charge in [-0.1, -0.05) is 5.92 Å². The lowest BCUT2D eigenvalue weighted by molar-refractivity contribution is 0.141. The van der Waals surface area contributed by atoms with Crippen LogP contribution in [0.3, 0.4) is 0 Å². The minimum atomic E-state index is -0.626. The van der Waals surface area contributed by atoms with Crippen LogP contribution in [0.2, 0.25) is 0 Å². The summed E-state index contributed by atoms with van der Waals surface area (Å²) in [6.07, 6.45) is 0. The van der Waals surface area contributed by atoms with Gasteiger partial charge in [-0.15, -0.1) is 5.92 Å². The largest absolute Gasteiger partial charge is 0.376 e. The molecule has 1 N–H and O–H groups in total. The van der Waals surface area contributed by atoms with Crippen molar-refractivity contribution in [2.45, 2.75) is 12.5 Å². The second-order valence-corrected chi connectivity index (χ2v) is 2.88. The van der Waals surface area contributed by atoms with Crippen molar-refractivity contribution in [3.63, 3.8) is 0 Å². The zero-order chi connectivity index (χ0) is 6.04. The van der Waals surface area contributed by atoms with Crippen LogP contribution in [0.1, 0.15) is 6.92 Å². The molecule has 0 aromatic rings. The molecule has 1 rings (SSSR count). The zero-order valence-electron chi connectivity index (χ0n) is 4.77. The maximum absolute atomic E-state index is 9.22. The van der Waals surface area contributed by atoms with Crippen molar-refractivity contribution >= 4 is 11.8 Å². The van der Waals surface area contributed by atoms with Gasteiger partial charge in [-0.3, -0.25) is 0 Å². The number of hydrogen-bond donors (Lipinski definition) is 1. The summed E-state index contributed by atoms with van der Waals surface area (Å²) >= 11 is 1.73. The summed E-state index contributed by atoms with van der Waals surface area (Å²) in [6.45, 7) is 1.75. The van der Waals surface area contributed by atoms with Gasteiger partial charge < -0.3 is 5.11 Å². The Kier molecular flexibility index (Phi) is 1.50. The maximum Gasteiger partial charge on any atom is 0.143 e. The van der Waals surface area contributed by atoms with E-state index in [2.05, 4.69) is 11.8 Å². The first kappa shape index (κ1) is 6.00. The predicted octanol–water partition coefficient (Wildman–Crippen LogP) is 0.488. The van der Waals surface area contributed by atoms with Crippen LogP contribution in [0, 0.1) is 11.8 Å². The molecule has 1 aliphatic rings. The molecule has 1 aliphatic heterocycles. The van der Waals surface area contributed by atoms with Crippen LogP contribution in [0.5, 0.6) is 0 Å². The summed E-state index contributed by atoms with van der Waals surface area (Å²) in [5, 5.41) is 9.22. The van der Waals surface area contributed by atoms with Crippen molar-refractivity contribution in [1.82, 2.24) is 0 Å². The first-order valence-corrected chi connectivity index (χ1v) is 3.66. The van der Waals surface area contributed by atoms with E-state index < -0.39 is 5.60 Å². The van der Waals surface area contributed by atoms with Gasteiger partial charge in [-0.25, -0.2) is 0 Å². The van der Waals surface area contributed by atoms with Crippen LogP contribution in [0.25, 0.3) is 0 Å². The minimum Gasteiger partial charge on any atom is -0.376 e. The molecule has 44 valence electrons. The van der Waals surface area contributed by atoms with Crippen LogP contribution in [0.15, 0.2) is 0 Å². The molecular formula is C6H8OS. The third-order valence-electron chi connectivity index (χ3n) is 1.04. The van der Waals surface area contributed by atoms with Gasteiger partial charge in [-0.05, 0) is 6.92 Å². The van der Waals surface area contributed by atoms with Crippen LogP contribution in [-0.2, 0) is 0 Å². The van der Waals surface area contributed by atoms with Gasteiger partial charge in [0, 0.05) is 11.5 Å². The molecule has 1 heterocycles. The predicted molar refractivity (Wildman–Crippen MR) is 35.7 cm³/mol. The van der Waals surface area contributed by atoms with Crippen molar-refractivity contribution in [3.8, 4) is 11.8 Å². The van der Waals surface area contributed by atoms with Gasteiger partial charge in [0.2, 0.25) is 0 Å². The molecule has 0 aliphatic carbocycles. The van der Waals surface area contributed by atoms with E-state index in [9.17, 15) is 5.11 Å². The summed E-state index contributed by atoms with van der Waals surface area (Å²) in [6, 6.07) is 0. The van der Waals surface area contributed by atoms with Crippen molar-refractivity contribution in [1.29, 1.82) is 0 Å². The Morgan fingerprint density at radius 2 is 2.25 bits per heavy atom. The molecule has 0 aromatic carbocycles. The summed E-state index contributed by atoms with van der Waals surface area (Å²) in [7, 11) is 0. The van der Waals surface area contributed by atoms with E-state index in [4.69, 9.17) is 0 Å². The molecule has 0 amide bonds. The molecule has 1 saturated heterocycles. The van der Waals surface area contributed by atoms with Gasteiger partial charge in [-0.2, -0.15) is 11.8 Å². The standard InChI is InChI=1S/C6H8OS/c1-2-3-6(7)4-8-5-6/h7H,4-5H2,1H3. The van der Waals surface area contributed by atoms with E-state index in [1.165, 1.54) is 0 Å². The second-order valence-electron chi connectivity index (χ2n) is 1.90. The fraction of sp³-hybridized carbons (Fsp3) is 0.667. The lowest BCUT2D eigenvalue weighted by Crippen LogP contribution is -2.41. The summed E-state index contributed by atoms with van der Waals surface area (Å²) in [5.74, 6) is 7.01. The minimum absolute atomic E-state index is 0.626. The number of rotatable bonds is 0. The highest BCUT2D eigenvalue weighted by Crippen LogP contribution is 2.27. The second kappa shape index (κ2) is 2.00. The molecule has 0 spiro atoms. The molecule has 1 nitrogen and oxygen atoms in total. The van der Waals surface area contributed by atoms with E-state index in [1.54, 1.807) is 18.7 Å². The highest BCUT2D eigenvalue weighted by atomic mass is 32.2. The van der Waals surface area contributed by atoms with E-state index in [0.717, 1.165) is 11.5 Å². The molecule has 0 radical (unpaired) electrons. The molecule has 0 saturated carbocycles. The van der Waals surface area contributed by atoms with Crippen LogP contribution >= 0.6 is 11.8 Å². The average molecular weight is 128 g/mol. The van der Waals surface area contributed by atoms with Gasteiger partial charge in [0.1, 0.15) is 5.60 Å². The Hall–Kier alpha value is -0.130. The summed E-state index contributed by atoms with van der Waals surface area (Å²) < 4.78 is 0. The lowest BCUT2D eigenvalue weighted by Gasteiger charge is -2.30. The molecule has 0 aromatic heterocycles. The molecule has 2 heteroatoms. The van der Waals surface area contributed by atoms with E-state index in [0.29, 0.717) is 0 Å². The summed E-state index contributed by atoms with van der Waals surface area (Å²) in [5.41, 5.74) is -0.626. The quantitative estimate of drug-likeness (QED) is 0.479. The van der Waals surface area contributed by atoms with Crippen molar-refractivity contribution < 1.29 is 5.11 Å². The van der Waals surface area contributed by atoms with Gasteiger partial charge in [0.25, 0.3) is 0 Å². The Morgan fingerprint density at radius 1 is 1.62 bits per heavy atom. The molecule has 1 fully saturated rings. The topological polar surface area (TPSA) is 20.2 Å². The fourth-order valence-electron chi connectivity index (χ4n) is 0.600. The lowest BCUT2D eigenvalue weighted by atomic mass is 10.1. The van der Waals surface area contributed by atoms with Gasteiger partial charge in [0.05, 0.1) is 0 Å². The van der Waals surface area contributed by atoms with Crippen molar-refractivity contribution in [2.75, 3.05) is 11.5 Å². The molecule has 0 atom stereocenters. The average Bonchev–Trinajstić information content (AvgIpc) is 1.64. The zero-order valence-corrected chi connectivity index (χ0v) is 5.59. The summed E-state index contributed by atoms with van der Waals surface area (Å²) in [4.78, 5) is 0. The monoisotopic (exact) mass is 128 g/mol. The van der Waals surface area contributed by atoms with Crippen LogP contribution in [0.4, 0.5) is 0 Å². The van der Waals surface area contributed by atoms with Gasteiger partial charge in [0.15, 0.2) is 0 Å². The van der Waals surface area contributed by atoms with Crippen molar-refractivity contribution in [3.05, 3.63) is 0 Å². The number of thioether (sulfide) groups is 1. The maximum atomic E-state index is 9.22. The Balaban J connectivity index is 2.49. The molecule has 0 unspecified atom stereocenters. The van der Waals surface area contributed by atoms with Crippen molar-refractivity contribution in [2.24, 2.45) is 0 Å².